The third-order valence-electron chi connectivity index (χ3n) is 4.07. The van der Waals surface area contributed by atoms with Crippen LogP contribution in [0.25, 0.3) is 0 Å². The van der Waals surface area contributed by atoms with Gasteiger partial charge in [-0.3, -0.25) is 4.79 Å². The molecule has 2 rings (SSSR count). The van der Waals surface area contributed by atoms with Gasteiger partial charge in [-0.15, -0.1) is 12.4 Å². The van der Waals surface area contributed by atoms with E-state index in [-0.39, 0.29) is 48.2 Å². The maximum atomic E-state index is 11.9. The molecule has 2 aliphatic rings. The molecule has 2 saturated heterocycles. The zero-order chi connectivity index (χ0) is 14.8. The van der Waals surface area contributed by atoms with E-state index in [4.69, 9.17) is 0 Å². The lowest BCUT2D eigenvalue weighted by Gasteiger charge is -2.29. The van der Waals surface area contributed by atoms with Crippen LogP contribution in [0.1, 0.15) is 46.0 Å². The lowest BCUT2D eigenvalue weighted by atomic mass is 10.00. The molecule has 21 heavy (non-hydrogen) atoms. The average molecular weight is 339 g/mol. The van der Waals surface area contributed by atoms with Gasteiger partial charge in [0.2, 0.25) is 5.91 Å². The standard InChI is InChI=1S/C14H26N2O3S.ClH/c1-10(2)9-20(18,19)6-5-14(17)16-13-7-11-3-4-12(8-13)15-11;/h10-13,15H,3-9H2,1-2H3,(H,16,17);1H. The van der Waals surface area contributed by atoms with Crippen molar-refractivity contribution in [3.05, 3.63) is 0 Å². The minimum atomic E-state index is -3.10. The molecule has 0 aromatic rings. The first kappa shape index (κ1) is 18.7. The minimum absolute atomic E-state index is 0. The van der Waals surface area contributed by atoms with Crippen LogP contribution in [-0.4, -0.2) is 44.0 Å². The van der Waals surface area contributed by atoms with E-state index in [0.29, 0.717) is 12.1 Å². The first-order chi connectivity index (χ1) is 9.34. The van der Waals surface area contributed by atoms with Gasteiger partial charge < -0.3 is 10.6 Å². The second-order valence-electron chi connectivity index (χ2n) is 6.63. The van der Waals surface area contributed by atoms with E-state index in [9.17, 15) is 13.2 Å². The molecule has 124 valence electrons. The Morgan fingerprint density at radius 1 is 1.24 bits per heavy atom. The molecule has 5 nitrogen and oxygen atoms in total. The monoisotopic (exact) mass is 338 g/mol. The van der Waals surface area contributed by atoms with Gasteiger partial charge in [0.15, 0.2) is 9.84 Å². The summed E-state index contributed by atoms with van der Waals surface area (Å²) in [6.07, 6.45) is 4.43. The Balaban J connectivity index is 0.00000220. The summed E-state index contributed by atoms with van der Waals surface area (Å²) in [6.45, 7) is 3.75. The third kappa shape index (κ3) is 6.12. The topological polar surface area (TPSA) is 75.3 Å². The highest BCUT2D eigenvalue weighted by Crippen LogP contribution is 2.26. The van der Waals surface area contributed by atoms with Crippen molar-refractivity contribution in [1.29, 1.82) is 0 Å². The summed E-state index contributed by atoms with van der Waals surface area (Å²) in [5.74, 6) is 0.124. The third-order valence-corrected chi connectivity index (χ3v) is 6.07. The van der Waals surface area contributed by atoms with E-state index in [1.165, 1.54) is 12.8 Å². The van der Waals surface area contributed by atoms with Gasteiger partial charge in [0.05, 0.1) is 11.5 Å². The molecule has 0 aromatic carbocycles. The molecule has 0 aromatic heterocycles. The van der Waals surface area contributed by atoms with E-state index in [2.05, 4.69) is 10.6 Å². The first-order valence-electron chi connectivity index (χ1n) is 7.60. The molecule has 0 saturated carbocycles. The van der Waals surface area contributed by atoms with Gasteiger partial charge in [-0.2, -0.15) is 0 Å². The molecule has 2 bridgehead atoms. The van der Waals surface area contributed by atoms with Crippen molar-refractivity contribution in [3.63, 3.8) is 0 Å². The summed E-state index contributed by atoms with van der Waals surface area (Å²) in [4.78, 5) is 11.9. The van der Waals surface area contributed by atoms with E-state index in [1.54, 1.807) is 0 Å². The number of sulfone groups is 1. The molecule has 2 N–H and O–H groups in total. The maximum Gasteiger partial charge on any atom is 0.221 e. The van der Waals surface area contributed by atoms with E-state index in [0.717, 1.165) is 12.8 Å². The number of carbonyl (C=O) groups is 1. The molecular formula is C14H27ClN2O3S. The summed E-state index contributed by atoms with van der Waals surface area (Å²) in [7, 11) is -3.10. The number of halogens is 1. The largest absolute Gasteiger partial charge is 0.353 e. The van der Waals surface area contributed by atoms with Gasteiger partial charge in [-0.1, -0.05) is 13.8 Å². The van der Waals surface area contributed by atoms with Crippen molar-refractivity contribution in [1.82, 2.24) is 10.6 Å². The Morgan fingerprint density at radius 2 is 1.81 bits per heavy atom. The van der Waals surface area contributed by atoms with E-state index < -0.39 is 9.84 Å². The molecule has 0 aliphatic carbocycles. The minimum Gasteiger partial charge on any atom is -0.353 e. The number of nitrogens with one attached hydrogen (secondary N) is 2. The first-order valence-corrected chi connectivity index (χ1v) is 9.42. The molecule has 0 radical (unpaired) electrons. The summed E-state index contributed by atoms with van der Waals surface area (Å²) < 4.78 is 23.5. The smallest absolute Gasteiger partial charge is 0.221 e. The Kier molecular flexibility index (Phi) is 6.94. The van der Waals surface area contributed by atoms with Gasteiger partial charge in [0.1, 0.15) is 0 Å². The van der Waals surface area contributed by atoms with Crippen LogP contribution in [0.3, 0.4) is 0 Å². The van der Waals surface area contributed by atoms with Crippen LogP contribution in [0.15, 0.2) is 0 Å². The fourth-order valence-corrected chi connectivity index (χ4v) is 4.99. The van der Waals surface area contributed by atoms with Crippen LogP contribution in [0, 0.1) is 5.92 Å². The van der Waals surface area contributed by atoms with Crippen molar-refractivity contribution in [2.24, 2.45) is 5.92 Å². The van der Waals surface area contributed by atoms with Crippen LogP contribution >= 0.6 is 12.4 Å². The van der Waals surface area contributed by atoms with Gasteiger partial charge in [0.25, 0.3) is 0 Å². The summed E-state index contributed by atoms with van der Waals surface area (Å²) in [5.41, 5.74) is 0. The molecule has 7 heteroatoms. The van der Waals surface area contributed by atoms with Gasteiger partial charge in [-0.25, -0.2) is 8.42 Å². The van der Waals surface area contributed by atoms with Crippen LogP contribution in [0.2, 0.25) is 0 Å². The molecule has 2 unspecified atom stereocenters. The van der Waals surface area contributed by atoms with Gasteiger partial charge >= 0.3 is 0 Å². The Hall–Kier alpha value is -0.330. The van der Waals surface area contributed by atoms with Crippen molar-refractivity contribution in [2.75, 3.05) is 11.5 Å². The normalized spacial score (nSPS) is 28.2. The van der Waals surface area contributed by atoms with Crippen molar-refractivity contribution in [3.8, 4) is 0 Å². The number of rotatable bonds is 6. The van der Waals surface area contributed by atoms with Crippen molar-refractivity contribution in [2.45, 2.75) is 64.1 Å². The predicted molar refractivity (Wildman–Crippen MR) is 86.5 cm³/mol. The molecule has 0 spiro atoms. The van der Waals surface area contributed by atoms with Crippen LogP contribution < -0.4 is 10.6 Å². The number of hydrogen-bond donors (Lipinski definition) is 2. The summed E-state index contributed by atoms with van der Waals surface area (Å²) >= 11 is 0. The predicted octanol–water partition coefficient (Wildman–Crippen LogP) is 1.27. The molecular weight excluding hydrogens is 312 g/mol. The van der Waals surface area contributed by atoms with Crippen LogP contribution in [-0.2, 0) is 14.6 Å². The highest BCUT2D eigenvalue weighted by atomic mass is 35.5. The summed E-state index contributed by atoms with van der Waals surface area (Å²) in [5, 5.41) is 6.53. The molecule has 2 atom stereocenters. The second kappa shape index (κ2) is 7.79. The molecule has 2 fully saturated rings. The van der Waals surface area contributed by atoms with E-state index in [1.807, 2.05) is 13.8 Å². The Bertz CT molecular complexity index is 441. The van der Waals surface area contributed by atoms with Crippen molar-refractivity contribution >= 4 is 28.2 Å². The second-order valence-corrected chi connectivity index (χ2v) is 8.86. The Labute approximate surface area is 134 Å². The lowest BCUT2D eigenvalue weighted by molar-refractivity contribution is -0.121. The number of hydrogen-bond acceptors (Lipinski definition) is 4. The SMILES string of the molecule is CC(C)CS(=O)(=O)CCC(=O)NC1CC2CCC(C1)N2.Cl. The lowest BCUT2D eigenvalue weighted by Crippen LogP contribution is -2.48. The number of carbonyl (C=O) groups excluding carboxylic acids is 1. The highest BCUT2D eigenvalue weighted by Gasteiger charge is 2.33. The summed E-state index contributed by atoms with van der Waals surface area (Å²) in [6, 6.07) is 1.28. The maximum absolute atomic E-state index is 11.9. The average Bonchev–Trinajstić information content (AvgIpc) is 2.65. The van der Waals surface area contributed by atoms with Crippen molar-refractivity contribution < 1.29 is 13.2 Å². The zero-order valence-corrected chi connectivity index (χ0v) is 14.4. The molecule has 2 aliphatic heterocycles. The van der Waals surface area contributed by atoms with Crippen LogP contribution in [0.5, 0.6) is 0 Å². The Morgan fingerprint density at radius 3 is 2.33 bits per heavy atom. The quantitative estimate of drug-likeness (QED) is 0.764. The highest BCUT2D eigenvalue weighted by molar-refractivity contribution is 7.91. The molecule has 2 heterocycles. The number of fused-ring (bicyclic) bond motifs is 2. The number of amides is 1. The van der Waals surface area contributed by atoms with Crippen LogP contribution in [0.4, 0.5) is 0 Å². The zero-order valence-electron chi connectivity index (χ0n) is 12.8. The fraction of sp³-hybridized carbons (Fsp3) is 0.929. The van der Waals surface area contributed by atoms with Gasteiger partial charge in [-0.05, 0) is 31.6 Å². The van der Waals surface area contributed by atoms with E-state index >= 15 is 0 Å². The fourth-order valence-electron chi connectivity index (χ4n) is 3.31. The number of piperidine rings is 1. The molecule has 1 amide bonds. The van der Waals surface area contributed by atoms with Gasteiger partial charge in [0, 0.05) is 24.5 Å².